The zero-order valence-corrected chi connectivity index (χ0v) is 10.4. The second kappa shape index (κ2) is 5.88. The van der Waals surface area contributed by atoms with Crippen molar-refractivity contribution in [3.8, 4) is 5.75 Å². The lowest BCUT2D eigenvalue weighted by Gasteiger charge is -2.20. The molecule has 0 unspecified atom stereocenters. The van der Waals surface area contributed by atoms with Crippen molar-refractivity contribution in [3.05, 3.63) is 6.33 Å². The largest absolute Gasteiger partial charge is 0.490 e. The molecule has 7 nitrogen and oxygen atoms in total. The summed E-state index contributed by atoms with van der Waals surface area (Å²) < 4.78 is 5.24. The SMILES string of the molecule is CNC(=O)CN(C)c1ncnc(NC)c1OC. The predicted molar refractivity (Wildman–Crippen MR) is 65.5 cm³/mol. The summed E-state index contributed by atoms with van der Waals surface area (Å²) in [5, 5.41) is 5.46. The maximum atomic E-state index is 11.3. The number of likely N-dealkylation sites (N-methyl/N-ethyl adjacent to an activating group) is 2. The molecule has 0 bridgehead atoms. The lowest BCUT2D eigenvalue weighted by Crippen LogP contribution is -2.33. The monoisotopic (exact) mass is 239 g/mol. The van der Waals surface area contributed by atoms with E-state index in [0.717, 1.165) is 0 Å². The van der Waals surface area contributed by atoms with Crippen LogP contribution in [-0.4, -0.2) is 50.7 Å². The molecule has 0 saturated carbocycles. The fraction of sp³-hybridized carbons (Fsp3) is 0.500. The molecule has 0 atom stereocenters. The number of nitrogens with one attached hydrogen (secondary N) is 2. The Labute approximate surface area is 100 Å². The fourth-order valence-corrected chi connectivity index (χ4v) is 1.37. The van der Waals surface area contributed by atoms with Gasteiger partial charge in [-0.15, -0.1) is 0 Å². The van der Waals surface area contributed by atoms with E-state index in [0.29, 0.717) is 17.4 Å². The summed E-state index contributed by atoms with van der Waals surface area (Å²) in [7, 11) is 6.64. The van der Waals surface area contributed by atoms with E-state index in [4.69, 9.17) is 4.74 Å². The molecule has 1 amide bonds. The standard InChI is InChI=1S/C10H17N5O2/c1-11-7(16)5-15(3)10-8(17-4)9(12-2)13-6-14-10/h6H,5H2,1-4H3,(H,11,16)(H,12,13,14). The van der Waals surface area contributed by atoms with Crippen molar-refractivity contribution in [2.24, 2.45) is 0 Å². The minimum Gasteiger partial charge on any atom is -0.490 e. The smallest absolute Gasteiger partial charge is 0.239 e. The van der Waals surface area contributed by atoms with Crippen LogP contribution in [0.4, 0.5) is 11.6 Å². The number of aromatic nitrogens is 2. The molecular weight excluding hydrogens is 222 g/mol. The van der Waals surface area contributed by atoms with Gasteiger partial charge in [0.1, 0.15) is 6.33 Å². The number of hydrogen-bond donors (Lipinski definition) is 2. The Morgan fingerprint density at radius 2 is 2.18 bits per heavy atom. The second-order valence-electron chi connectivity index (χ2n) is 3.36. The lowest BCUT2D eigenvalue weighted by molar-refractivity contribution is -0.119. The first-order chi connectivity index (χ1) is 8.13. The summed E-state index contributed by atoms with van der Waals surface area (Å²) in [4.78, 5) is 21.1. The van der Waals surface area contributed by atoms with Gasteiger partial charge in [0, 0.05) is 21.1 Å². The van der Waals surface area contributed by atoms with Gasteiger partial charge in [-0.25, -0.2) is 9.97 Å². The molecule has 0 aliphatic heterocycles. The first-order valence-electron chi connectivity index (χ1n) is 5.12. The molecule has 1 aromatic heterocycles. The van der Waals surface area contributed by atoms with Crippen LogP contribution in [0, 0.1) is 0 Å². The van der Waals surface area contributed by atoms with Gasteiger partial charge >= 0.3 is 0 Å². The highest BCUT2D eigenvalue weighted by Gasteiger charge is 2.16. The molecule has 0 saturated heterocycles. The Kier molecular flexibility index (Phi) is 4.50. The molecule has 0 aliphatic carbocycles. The third kappa shape index (κ3) is 2.96. The van der Waals surface area contributed by atoms with Crippen LogP contribution in [0.5, 0.6) is 5.75 Å². The van der Waals surface area contributed by atoms with E-state index in [2.05, 4.69) is 20.6 Å². The van der Waals surface area contributed by atoms with Crippen molar-refractivity contribution in [2.75, 3.05) is 45.0 Å². The van der Waals surface area contributed by atoms with Crippen molar-refractivity contribution >= 4 is 17.5 Å². The zero-order valence-electron chi connectivity index (χ0n) is 10.4. The Morgan fingerprint density at radius 3 is 2.71 bits per heavy atom. The highest BCUT2D eigenvalue weighted by molar-refractivity contribution is 5.81. The maximum Gasteiger partial charge on any atom is 0.239 e. The average Bonchev–Trinajstić information content (AvgIpc) is 2.37. The summed E-state index contributed by atoms with van der Waals surface area (Å²) in [5.41, 5.74) is 0. The van der Waals surface area contributed by atoms with E-state index in [1.54, 1.807) is 26.0 Å². The maximum absolute atomic E-state index is 11.3. The van der Waals surface area contributed by atoms with Crippen LogP contribution >= 0.6 is 0 Å². The summed E-state index contributed by atoms with van der Waals surface area (Å²) in [6.45, 7) is 0.201. The average molecular weight is 239 g/mol. The van der Waals surface area contributed by atoms with Crippen molar-refractivity contribution in [1.29, 1.82) is 0 Å². The number of hydrogen-bond acceptors (Lipinski definition) is 6. The molecule has 1 rings (SSSR count). The summed E-state index contributed by atoms with van der Waals surface area (Å²) in [5.74, 6) is 1.57. The topological polar surface area (TPSA) is 79.4 Å². The quantitative estimate of drug-likeness (QED) is 0.735. The first-order valence-corrected chi connectivity index (χ1v) is 5.12. The molecule has 0 fully saturated rings. The Hall–Kier alpha value is -2.05. The number of carbonyl (C=O) groups excluding carboxylic acids is 1. The number of carbonyl (C=O) groups is 1. The van der Waals surface area contributed by atoms with Gasteiger partial charge < -0.3 is 20.3 Å². The molecule has 7 heteroatoms. The minimum absolute atomic E-state index is 0.0980. The number of rotatable bonds is 5. The molecular formula is C10H17N5O2. The van der Waals surface area contributed by atoms with E-state index >= 15 is 0 Å². The van der Waals surface area contributed by atoms with Crippen LogP contribution in [-0.2, 0) is 4.79 Å². The second-order valence-corrected chi connectivity index (χ2v) is 3.36. The van der Waals surface area contributed by atoms with E-state index in [1.807, 2.05) is 0 Å². The van der Waals surface area contributed by atoms with Crippen LogP contribution < -0.4 is 20.3 Å². The van der Waals surface area contributed by atoms with Gasteiger partial charge in [0.25, 0.3) is 0 Å². The van der Waals surface area contributed by atoms with Crippen LogP contribution in [0.15, 0.2) is 6.33 Å². The first kappa shape index (κ1) is 13.0. The van der Waals surface area contributed by atoms with Gasteiger partial charge in [-0.1, -0.05) is 0 Å². The summed E-state index contributed by atoms with van der Waals surface area (Å²) >= 11 is 0. The van der Waals surface area contributed by atoms with E-state index in [1.165, 1.54) is 13.4 Å². The highest BCUT2D eigenvalue weighted by atomic mass is 16.5. The van der Waals surface area contributed by atoms with Gasteiger partial charge in [0.2, 0.25) is 11.7 Å². The third-order valence-corrected chi connectivity index (χ3v) is 2.25. The molecule has 0 radical (unpaired) electrons. The molecule has 2 N–H and O–H groups in total. The zero-order chi connectivity index (χ0) is 12.8. The van der Waals surface area contributed by atoms with Crippen molar-refractivity contribution in [2.45, 2.75) is 0 Å². The van der Waals surface area contributed by atoms with Crippen molar-refractivity contribution in [3.63, 3.8) is 0 Å². The van der Waals surface area contributed by atoms with Gasteiger partial charge in [-0.3, -0.25) is 4.79 Å². The molecule has 1 heterocycles. The number of anilines is 2. The minimum atomic E-state index is -0.0980. The van der Waals surface area contributed by atoms with Gasteiger partial charge in [-0.2, -0.15) is 0 Å². The number of nitrogens with zero attached hydrogens (tertiary/aromatic N) is 3. The van der Waals surface area contributed by atoms with Gasteiger partial charge in [0.05, 0.1) is 13.7 Å². The van der Waals surface area contributed by atoms with Gasteiger partial charge in [0.15, 0.2) is 11.6 Å². The Morgan fingerprint density at radius 1 is 1.47 bits per heavy atom. The fourth-order valence-electron chi connectivity index (χ4n) is 1.37. The van der Waals surface area contributed by atoms with Crippen molar-refractivity contribution in [1.82, 2.24) is 15.3 Å². The molecule has 17 heavy (non-hydrogen) atoms. The summed E-state index contributed by atoms with van der Waals surface area (Å²) in [6, 6.07) is 0. The third-order valence-electron chi connectivity index (χ3n) is 2.25. The predicted octanol–water partition coefficient (Wildman–Crippen LogP) is -0.291. The molecule has 94 valence electrons. The van der Waals surface area contributed by atoms with Crippen molar-refractivity contribution < 1.29 is 9.53 Å². The van der Waals surface area contributed by atoms with E-state index in [9.17, 15) is 4.79 Å². The van der Waals surface area contributed by atoms with Crippen LogP contribution in [0.1, 0.15) is 0 Å². The van der Waals surface area contributed by atoms with E-state index in [-0.39, 0.29) is 12.5 Å². The number of amides is 1. The van der Waals surface area contributed by atoms with Crippen LogP contribution in [0.3, 0.4) is 0 Å². The van der Waals surface area contributed by atoms with E-state index < -0.39 is 0 Å². The Bertz CT molecular complexity index is 396. The number of ether oxygens (including phenoxy) is 1. The molecule has 0 spiro atoms. The molecule has 0 aliphatic rings. The summed E-state index contributed by atoms with van der Waals surface area (Å²) in [6.07, 6.45) is 1.42. The molecule has 1 aromatic rings. The lowest BCUT2D eigenvalue weighted by atomic mass is 10.4. The van der Waals surface area contributed by atoms with Crippen LogP contribution in [0.2, 0.25) is 0 Å². The molecule has 0 aromatic carbocycles. The highest BCUT2D eigenvalue weighted by Crippen LogP contribution is 2.30. The number of methoxy groups -OCH3 is 1. The Balaban J connectivity index is 3.00. The van der Waals surface area contributed by atoms with Gasteiger partial charge in [-0.05, 0) is 0 Å². The normalized spacial score (nSPS) is 9.65. The van der Waals surface area contributed by atoms with Crippen LogP contribution in [0.25, 0.3) is 0 Å².